The van der Waals surface area contributed by atoms with E-state index in [0.717, 1.165) is 6.08 Å². The van der Waals surface area contributed by atoms with Gasteiger partial charge in [0.05, 0.1) is 5.69 Å². The van der Waals surface area contributed by atoms with Gasteiger partial charge >= 0.3 is 5.97 Å². The summed E-state index contributed by atoms with van der Waals surface area (Å²) in [5.41, 5.74) is 1.47. The van der Waals surface area contributed by atoms with Crippen LogP contribution in [0.4, 0.5) is 5.82 Å². The molecule has 21 heavy (non-hydrogen) atoms. The van der Waals surface area contributed by atoms with Crippen molar-refractivity contribution in [2.24, 2.45) is 0 Å². The number of carbonyl (C=O) groups excluding carboxylic acids is 1. The van der Waals surface area contributed by atoms with Crippen molar-refractivity contribution in [2.45, 2.75) is 13.8 Å². The van der Waals surface area contributed by atoms with Gasteiger partial charge < -0.3 is 14.9 Å². The van der Waals surface area contributed by atoms with Gasteiger partial charge in [-0.25, -0.2) is 9.78 Å². The summed E-state index contributed by atoms with van der Waals surface area (Å²) >= 11 is 0. The lowest BCUT2D eigenvalue weighted by molar-refractivity contribution is -0.131. The van der Waals surface area contributed by atoms with Gasteiger partial charge in [-0.15, -0.1) is 0 Å². The number of anilines is 1. The molecule has 2 aromatic rings. The first-order chi connectivity index (χ1) is 9.97. The van der Waals surface area contributed by atoms with Gasteiger partial charge in [-0.2, -0.15) is 0 Å². The van der Waals surface area contributed by atoms with Gasteiger partial charge in [0.2, 0.25) is 0 Å². The molecular formula is C14H13N3O4. The molecule has 0 aromatic carbocycles. The summed E-state index contributed by atoms with van der Waals surface area (Å²) in [6, 6.07) is 3.19. The highest BCUT2D eigenvalue weighted by Gasteiger charge is 2.17. The fourth-order valence-electron chi connectivity index (χ4n) is 1.77. The second-order valence-corrected chi connectivity index (χ2v) is 4.30. The lowest BCUT2D eigenvalue weighted by Crippen LogP contribution is -2.14. The molecule has 0 fully saturated rings. The summed E-state index contributed by atoms with van der Waals surface area (Å²) in [6.45, 7) is 3.32. The van der Waals surface area contributed by atoms with E-state index in [4.69, 9.17) is 9.63 Å². The van der Waals surface area contributed by atoms with Crippen molar-refractivity contribution in [3.8, 4) is 0 Å². The quantitative estimate of drug-likeness (QED) is 0.833. The Morgan fingerprint density at radius 3 is 2.76 bits per heavy atom. The zero-order valence-corrected chi connectivity index (χ0v) is 11.5. The molecule has 0 radical (unpaired) electrons. The molecule has 0 saturated carbocycles. The fraction of sp³-hybridized carbons (Fsp3) is 0.143. The van der Waals surface area contributed by atoms with Crippen LogP contribution in [0.5, 0.6) is 0 Å². The van der Waals surface area contributed by atoms with Crippen molar-refractivity contribution in [2.75, 3.05) is 5.32 Å². The van der Waals surface area contributed by atoms with Crippen LogP contribution < -0.4 is 5.32 Å². The van der Waals surface area contributed by atoms with Crippen molar-refractivity contribution in [1.29, 1.82) is 0 Å². The standard InChI is InChI=1S/C14H13N3O4/c1-8-13(9(2)21-17-8)14(20)16-11-7-10(5-6-15-11)3-4-12(18)19/h3-7H,1-2H3,(H,18,19)(H,15,16,20)/b4-3+. The number of amides is 1. The highest BCUT2D eigenvalue weighted by atomic mass is 16.5. The predicted molar refractivity (Wildman–Crippen MR) is 74.8 cm³/mol. The Bertz CT molecular complexity index is 699. The van der Waals surface area contributed by atoms with Crippen LogP contribution in [0.1, 0.15) is 27.4 Å². The van der Waals surface area contributed by atoms with E-state index in [1.54, 1.807) is 26.0 Å². The van der Waals surface area contributed by atoms with Crippen LogP contribution in [0.25, 0.3) is 6.08 Å². The van der Waals surface area contributed by atoms with Crippen molar-refractivity contribution in [3.05, 3.63) is 47.0 Å². The second kappa shape index (κ2) is 6.00. The average Bonchev–Trinajstić information content (AvgIpc) is 2.76. The van der Waals surface area contributed by atoms with Gasteiger partial charge in [0.15, 0.2) is 0 Å². The maximum atomic E-state index is 12.1. The minimum Gasteiger partial charge on any atom is -0.478 e. The molecule has 0 spiro atoms. The van der Waals surface area contributed by atoms with E-state index in [2.05, 4.69) is 15.5 Å². The summed E-state index contributed by atoms with van der Waals surface area (Å²) in [5, 5.41) is 14.9. The first-order valence-electron chi connectivity index (χ1n) is 6.08. The van der Waals surface area contributed by atoms with Gasteiger partial charge in [-0.05, 0) is 37.6 Å². The number of rotatable bonds is 4. The number of carbonyl (C=O) groups is 2. The lowest BCUT2D eigenvalue weighted by atomic mass is 10.2. The Morgan fingerprint density at radius 2 is 2.14 bits per heavy atom. The number of aromatic nitrogens is 2. The molecule has 0 aliphatic heterocycles. The molecule has 7 nitrogen and oxygen atoms in total. The molecule has 1 amide bonds. The minimum atomic E-state index is -1.05. The van der Waals surface area contributed by atoms with Crippen molar-refractivity contribution in [1.82, 2.24) is 10.1 Å². The predicted octanol–water partition coefficient (Wildman–Crippen LogP) is 2.04. The molecule has 0 aliphatic carbocycles. The number of carboxylic acids is 1. The number of aryl methyl sites for hydroxylation is 2. The Hall–Kier alpha value is -2.96. The van der Waals surface area contributed by atoms with Crippen LogP contribution >= 0.6 is 0 Å². The zero-order valence-electron chi connectivity index (χ0n) is 11.5. The molecule has 0 aliphatic rings. The Morgan fingerprint density at radius 1 is 1.38 bits per heavy atom. The normalized spacial score (nSPS) is 10.8. The van der Waals surface area contributed by atoms with E-state index >= 15 is 0 Å². The van der Waals surface area contributed by atoms with E-state index in [9.17, 15) is 9.59 Å². The maximum Gasteiger partial charge on any atom is 0.328 e. The summed E-state index contributed by atoms with van der Waals surface area (Å²) < 4.78 is 4.94. The third kappa shape index (κ3) is 3.53. The molecule has 7 heteroatoms. The number of hydrogen-bond acceptors (Lipinski definition) is 5. The van der Waals surface area contributed by atoms with Gasteiger partial charge in [-0.1, -0.05) is 5.16 Å². The van der Waals surface area contributed by atoms with Crippen LogP contribution in [0.15, 0.2) is 28.9 Å². The SMILES string of the molecule is Cc1noc(C)c1C(=O)Nc1cc(/C=C/C(=O)O)ccn1. The van der Waals surface area contributed by atoms with Crippen molar-refractivity contribution >= 4 is 23.8 Å². The van der Waals surface area contributed by atoms with E-state index in [1.807, 2.05) is 0 Å². The molecule has 0 unspecified atom stereocenters. The monoisotopic (exact) mass is 287 g/mol. The van der Waals surface area contributed by atoms with Gasteiger partial charge in [0.25, 0.3) is 5.91 Å². The summed E-state index contributed by atoms with van der Waals surface area (Å²) in [4.78, 5) is 26.6. The van der Waals surface area contributed by atoms with Gasteiger partial charge in [0, 0.05) is 12.3 Å². The molecular weight excluding hydrogens is 274 g/mol. The molecule has 0 bridgehead atoms. The maximum absolute atomic E-state index is 12.1. The van der Waals surface area contributed by atoms with Gasteiger partial charge in [0.1, 0.15) is 17.1 Å². The summed E-state index contributed by atoms with van der Waals surface area (Å²) in [7, 11) is 0. The Labute approximate surface area is 120 Å². The largest absolute Gasteiger partial charge is 0.478 e. The lowest BCUT2D eigenvalue weighted by Gasteiger charge is -2.04. The molecule has 2 N–H and O–H groups in total. The van der Waals surface area contributed by atoms with E-state index in [-0.39, 0.29) is 5.91 Å². The summed E-state index contributed by atoms with van der Waals surface area (Å²) in [5.74, 6) is -0.689. The molecule has 108 valence electrons. The van der Waals surface area contributed by atoms with Crippen LogP contribution in [0.2, 0.25) is 0 Å². The van der Waals surface area contributed by atoms with Gasteiger partial charge in [-0.3, -0.25) is 4.79 Å². The number of hydrogen-bond donors (Lipinski definition) is 2. The number of nitrogens with one attached hydrogen (secondary N) is 1. The third-order valence-corrected chi connectivity index (χ3v) is 2.70. The minimum absolute atomic E-state index is 0.313. The van der Waals surface area contributed by atoms with E-state index in [0.29, 0.717) is 28.4 Å². The van der Waals surface area contributed by atoms with Crippen LogP contribution in [-0.2, 0) is 4.79 Å². The second-order valence-electron chi connectivity index (χ2n) is 4.30. The fourth-order valence-corrected chi connectivity index (χ4v) is 1.77. The van der Waals surface area contributed by atoms with E-state index in [1.165, 1.54) is 12.3 Å². The molecule has 0 saturated heterocycles. The molecule has 2 aromatic heterocycles. The first-order valence-corrected chi connectivity index (χ1v) is 6.08. The van der Waals surface area contributed by atoms with Crippen LogP contribution in [-0.4, -0.2) is 27.1 Å². The smallest absolute Gasteiger partial charge is 0.328 e. The first kappa shape index (κ1) is 14.4. The Balaban J connectivity index is 2.18. The summed E-state index contributed by atoms with van der Waals surface area (Å²) in [6.07, 6.45) is 3.90. The third-order valence-electron chi connectivity index (χ3n) is 2.70. The highest BCUT2D eigenvalue weighted by Crippen LogP contribution is 2.15. The van der Waals surface area contributed by atoms with Crippen molar-refractivity contribution in [3.63, 3.8) is 0 Å². The molecule has 0 atom stereocenters. The highest BCUT2D eigenvalue weighted by molar-refractivity contribution is 6.05. The number of nitrogens with zero attached hydrogens (tertiary/aromatic N) is 2. The number of pyridine rings is 1. The van der Waals surface area contributed by atoms with Crippen LogP contribution in [0.3, 0.4) is 0 Å². The number of carboxylic acid groups (broad SMARTS) is 1. The molecule has 2 heterocycles. The topological polar surface area (TPSA) is 105 Å². The molecule has 2 rings (SSSR count). The average molecular weight is 287 g/mol. The van der Waals surface area contributed by atoms with Crippen LogP contribution in [0, 0.1) is 13.8 Å². The number of aliphatic carboxylic acids is 1. The Kier molecular flexibility index (Phi) is 4.13. The van der Waals surface area contributed by atoms with Crippen molar-refractivity contribution < 1.29 is 19.2 Å². The zero-order chi connectivity index (χ0) is 15.4. The van der Waals surface area contributed by atoms with E-state index < -0.39 is 5.97 Å².